The molecule has 8 aromatic carbocycles. The second kappa shape index (κ2) is 16.6. The van der Waals surface area contributed by atoms with Crippen molar-refractivity contribution in [1.82, 2.24) is 9.13 Å². The van der Waals surface area contributed by atoms with Gasteiger partial charge in [0, 0.05) is 5.56 Å². The van der Waals surface area contributed by atoms with Crippen LogP contribution in [0.25, 0.3) is 88.4 Å². The van der Waals surface area contributed by atoms with Crippen LogP contribution in [0.4, 0.5) is 0 Å². The van der Waals surface area contributed by atoms with Crippen LogP contribution in [0.5, 0.6) is 167 Å². The standard InChI is InChI=1S/C48H35B3N2O29/c49-11-1(24(58)40(74)44(78)31(11)65)6-20(54)4-5-17(53(16(4)35(69)25(6)59)19-38(72)45(79)48(82)46(80)39(19)73)36(70)27(61)8(22(5)56)7-21(55)2-3-15(34(68)28(62)9(23(3)57)10-29(63)41(75)47(81)42(76)30(10)64)52(14(2)33(67)26(7)60)18-12(50)13(51)32(66)43(77)37(18)71/h54-82H,49-51H2. The molecule has 31 nitrogen and oxygen atoms in total. The van der Waals surface area contributed by atoms with Gasteiger partial charge in [-0.1, -0.05) is 5.46 Å². The van der Waals surface area contributed by atoms with Crippen LogP contribution in [0.2, 0.25) is 0 Å². The van der Waals surface area contributed by atoms with Crippen LogP contribution in [-0.4, -0.2) is 181 Å². The quantitative estimate of drug-likeness (QED) is 0.0565. The van der Waals surface area contributed by atoms with Gasteiger partial charge in [-0.25, -0.2) is 0 Å². The molecule has 0 amide bonds. The highest BCUT2D eigenvalue weighted by Crippen LogP contribution is 2.68. The maximum absolute atomic E-state index is 12.7. The normalized spacial score (nSPS) is 11.8. The zero-order valence-corrected chi connectivity index (χ0v) is 40.9. The smallest absolute Gasteiger partial charge is 0.208 e. The van der Waals surface area contributed by atoms with Gasteiger partial charge >= 0.3 is 0 Å². The van der Waals surface area contributed by atoms with Gasteiger partial charge in [-0.2, -0.15) is 0 Å². The molecule has 0 saturated carbocycles. The van der Waals surface area contributed by atoms with Crippen molar-refractivity contribution in [2.24, 2.45) is 0 Å². The summed E-state index contributed by atoms with van der Waals surface area (Å²) in [5.41, 5.74) is -17.1. The summed E-state index contributed by atoms with van der Waals surface area (Å²) < 4.78 is 0.463. The number of hydrogen-bond acceptors (Lipinski definition) is 29. The Morgan fingerprint density at radius 1 is 0.159 bits per heavy atom. The average Bonchev–Trinajstić information content (AvgIpc) is 1.64. The van der Waals surface area contributed by atoms with Crippen molar-refractivity contribution >= 4 is 83.5 Å². The molecular weight excluding hydrogens is 1100 g/mol. The molecule has 0 unspecified atom stereocenters. The summed E-state index contributed by atoms with van der Waals surface area (Å²) in [5, 5.41) is 324. The molecule has 0 aliphatic rings. The van der Waals surface area contributed by atoms with Gasteiger partial charge in [-0.15, -0.1) is 0 Å². The van der Waals surface area contributed by atoms with E-state index in [0.717, 1.165) is 23.5 Å². The monoisotopic (exact) mass is 1140 g/mol. The lowest BCUT2D eigenvalue weighted by atomic mass is 9.78. The third-order valence-electron chi connectivity index (χ3n) is 14.5. The van der Waals surface area contributed by atoms with Crippen molar-refractivity contribution in [1.29, 1.82) is 0 Å². The van der Waals surface area contributed by atoms with E-state index in [-0.39, 0.29) is 15.5 Å². The van der Waals surface area contributed by atoms with Crippen LogP contribution in [0, 0.1) is 0 Å². The number of phenolic OH excluding ortho intramolecular Hbond substituents is 29. The molecule has 0 saturated heterocycles. The first-order chi connectivity index (χ1) is 38.1. The predicted octanol–water partition coefficient (Wildman–Crippen LogP) is -0.881. The van der Waals surface area contributed by atoms with Crippen LogP contribution >= 0.6 is 0 Å². The van der Waals surface area contributed by atoms with Crippen molar-refractivity contribution in [3.63, 3.8) is 0 Å². The number of phenols is 29. The largest absolute Gasteiger partial charge is 0.506 e. The number of fused-ring (bicyclic) bond motifs is 6. The van der Waals surface area contributed by atoms with Gasteiger partial charge in [0.15, 0.2) is 92.0 Å². The van der Waals surface area contributed by atoms with E-state index in [1.165, 1.54) is 0 Å². The molecule has 29 N–H and O–H groups in total. The van der Waals surface area contributed by atoms with Crippen molar-refractivity contribution in [2.45, 2.75) is 0 Å². The number of aromatic hydroxyl groups is 29. The van der Waals surface area contributed by atoms with Gasteiger partial charge < -0.3 is 148 Å². The Morgan fingerprint density at radius 3 is 0.683 bits per heavy atom. The van der Waals surface area contributed by atoms with Crippen molar-refractivity contribution in [3.05, 3.63) is 0 Å². The Morgan fingerprint density at radius 2 is 0.354 bits per heavy atom. The minimum absolute atomic E-state index is 0.0697. The second-order valence-corrected chi connectivity index (χ2v) is 18.5. The summed E-state index contributed by atoms with van der Waals surface area (Å²) in [6.45, 7) is 0. The molecule has 420 valence electrons. The molecule has 2 aromatic heterocycles. The predicted molar refractivity (Wildman–Crippen MR) is 284 cm³/mol. The van der Waals surface area contributed by atoms with E-state index in [1.807, 2.05) is 0 Å². The number of nitrogens with zero attached hydrogens (tertiary/aromatic N) is 2. The lowest BCUT2D eigenvalue weighted by Crippen LogP contribution is -2.30. The zero-order chi connectivity index (χ0) is 60.9. The summed E-state index contributed by atoms with van der Waals surface area (Å²) >= 11 is 0. The molecule has 82 heavy (non-hydrogen) atoms. The Hall–Kier alpha value is -12.2. The van der Waals surface area contributed by atoms with Crippen LogP contribution < -0.4 is 16.4 Å². The van der Waals surface area contributed by atoms with E-state index in [4.69, 9.17) is 0 Å². The van der Waals surface area contributed by atoms with Gasteiger partial charge in [-0.05, 0) is 10.9 Å². The van der Waals surface area contributed by atoms with Gasteiger partial charge in [0.25, 0.3) is 0 Å². The van der Waals surface area contributed by atoms with E-state index in [9.17, 15) is 148 Å². The van der Waals surface area contributed by atoms with Crippen molar-refractivity contribution in [3.8, 4) is 211 Å². The highest BCUT2D eigenvalue weighted by Gasteiger charge is 2.42. The maximum atomic E-state index is 12.7. The third-order valence-corrected chi connectivity index (χ3v) is 14.5. The van der Waals surface area contributed by atoms with E-state index >= 15 is 0 Å². The van der Waals surface area contributed by atoms with Crippen molar-refractivity contribution in [2.75, 3.05) is 0 Å². The minimum atomic E-state index is -1.86. The lowest BCUT2D eigenvalue weighted by Gasteiger charge is -2.20. The SMILES string of the molecule is Bc1c(B)c(-n2c3c(O)c(O)c(-c4c(O)c(O)c(O)c(O)c4O)c(O)c3c3c(O)c(-c4c(O)c(O)c5c(c4O)c4c(O)c(-c6c(B)c(O)c(O)c(O)c6O)c(O)c(O)c4n5-c4c(O)c(O)c(O)c(O)c4O)c(O)c(O)c32)c(O)c(O)c1O. The molecule has 0 fully saturated rings. The van der Waals surface area contributed by atoms with E-state index in [0.29, 0.717) is 4.57 Å². The fourth-order valence-electron chi connectivity index (χ4n) is 10.4. The van der Waals surface area contributed by atoms with Gasteiger partial charge in [-0.3, -0.25) is 9.13 Å². The molecular formula is C48H35B3N2O29. The second-order valence-electron chi connectivity index (χ2n) is 18.5. The molecule has 10 rings (SSSR count). The first-order valence-corrected chi connectivity index (χ1v) is 22.6. The van der Waals surface area contributed by atoms with Crippen LogP contribution in [0.15, 0.2) is 0 Å². The summed E-state index contributed by atoms with van der Waals surface area (Å²) in [6.07, 6.45) is 0. The van der Waals surface area contributed by atoms with Crippen LogP contribution in [-0.2, 0) is 0 Å². The summed E-state index contributed by atoms with van der Waals surface area (Å²) in [4.78, 5) is 0. The van der Waals surface area contributed by atoms with Crippen LogP contribution in [0.3, 0.4) is 0 Å². The fraction of sp³-hybridized carbons (Fsp3) is 0. The molecule has 0 spiro atoms. The molecule has 2 heterocycles. The van der Waals surface area contributed by atoms with E-state index < -0.39 is 261 Å². The molecule has 10 aromatic rings. The highest BCUT2D eigenvalue weighted by atomic mass is 16.4. The first-order valence-electron chi connectivity index (χ1n) is 22.6. The minimum Gasteiger partial charge on any atom is -0.506 e. The molecule has 0 radical (unpaired) electrons. The van der Waals surface area contributed by atoms with E-state index in [1.54, 1.807) is 0 Å². The number of benzene rings is 8. The van der Waals surface area contributed by atoms with Crippen LogP contribution in [0.1, 0.15) is 0 Å². The van der Waals surface area contributed by atoms with Gasteiger partial charge in [0.05, 0.1) is 55.0 Å². The maximum Gasteiger partial charge on any atom is 0.208 e. The molecule has 34 heteroatoms. The average molecular weight is 1140 g/mol. The van der Waals surface area contributed by atoms with Gasteiger partial charge in [0.1, 0.15) is 74.3 Å². The lowest BCUT2D eigenvalue weighted by molar-refractivity contribution is 0.327. The summed E-state index contributed by atoms with van der Waals surface area (Å²) in [6, 6.07) is 0. The summed E-state index contributed by atoms with van der Waals surface area (Å²) in [7, 11) is 3.16. The molecule has 0 aliphatic heterocycles. The summed E-state index contributed by atoms with van der Waals surface area (Å²) in [5.74, 6) is -46.4. The van der Waals surface area contributed by atoms with E-state index in [2.05, 4.69) is 0 Å². The Kier molecular flexibility index (Phi) is 10.8. The molecule has 0 aliphatic carbocycles. The highest BCUT2D eigenvalue weighted by molar-refractivity contribution is 6.52. The molecule has 0 bridgehead atoms. The zero-order valence-electron chi connectivity index (χ0n) is 40.9. The molecule has 0 atom stereocenters. The fourth-order valence-corrected chi connectivity index (χ4v) is 10.4. The third kappa shape index (κ3) is 6.03. The first kappa shape index (κ1) is 53.2. The number of rotatable bonds is 5. The topological polar surface area (TPSA) is 597 Å². The Bertz CT molecular complexity index is 4310. The van der Waals surface area contributed by atoms with Crippen molar-refractivity contribution < 1.29 is 148 Å². The number of aromatic nitrogens is 2. The number of hydrogen-bond donors (Lipinski definition) is 29. The van der Waals surface area contributed by atoms with Gasteiger partial charge in [0.2, 0.25) is 51.7 Å². The Labute approximate surface area is 451 Å². The Balaban J connectivity index is 1.49.